The summed E-state index contributed by atoms with van der Waals surface area (Å²) in [6.45, 7) is 0.699. The smallest absolute Gasteiger partial charge is 0.266 e. The summed E-state index contributed by atoms with van der Waals surface area (Å²) < 4.78 is 14.2. The van der Waals surface area contributed by atoms with Crippen LogP contribution in [0.4, 0.5) is 4.39 Å². The first-order chi connectivity index (χ1) is 15.0. The highest BCUT2D eigenvalue weighted by molar-refractivity contribution is 8.26. The second-order valence-electron chi connectivity index (χ2n) is 7.06. The maximum absolute atomic E-state index is 13.9. The van der Waals surface area contributed by atoms with Gasteiger partial charge in [0.2, 0.25) is 5.91 Å². The summed E-state index contributed by atoms with van der Waals surface area (Å²) in [7, 11) is 0. The van der Waals surface area contributed by atoms with Gasteiger partial charge in [0.15, 0.2) is 0 Å². The number of rotatable bonds is 7. The van der Waals surface area contributed by atoms with Gasteiger partial charge in [0.05, 0.1) is 4.91 Å². The first-order valence-corrected chi connectivity index (χ1v) is 11.1. The lowest BCUT2D eigenvalue weighted by Gasteiger charge is -2.14. The average Bonchev–Trinajstić information content (AvgIpc) is 3.29. The molecule has 0 spiro atoms. The topological polar surface area (TPSA) is 65.2 Å². The number of thiocarbonyl (C=S) groups is 1. The zero-order valence-electron chi connectivity index (χ0n) is 16.6. The third-order valence-electron chi connectivity index (χ3n) is 5.02. The van der Waals surface area contributed by atoms with E-state index in [0.717, 1.165) is 28.2 Å². The summed E-state index contributed by atoms with van der Waals surface area (Å²) in [6, 6.07) is 14.3. The van der Waals surface area contributed by atoms with Crippen molar-refractivity contribution in [3.8, 4) is 0 Å². The number of carbonyl (C=O) groups is 2. The molecule has 1 aromatic heterocycles. The van der Waals surface area contributed by atoms with Gasteiger partial charge in [-0.15, -0.1) is 0 Å². The summed E-state index contributed by atoms with van der Waals surface area (Å²) >= 11 is 6.40. The summed E-state index contributed by atoms with van der Waals surface area (Å²) in [6.07, 6.45) is 4.31. The molecule has 0 unspecified atom stereocenters. The number of halogens is 1. The number of hydrogen-bond donors (Lipinski definition) is 2. The standard InChI is InChI=1S/C23H20FN3O2S2/c24-18-7-3-1-5-15(18)13-20-22(29)27(23(30)31-20)12-10-21(28)25-11-9-16-14-26-19-8-4-2-6-17(16)19/h1-8,13-14,26H,9-12H2,(H,25,28)/b20-13-. The molecular weight excluding hydrogens is 433 g/mol. The number of aromatic amines is 1. The van der Waals surface area contributed by atoms with Gasteiger partial charge in [0.1, 0.15) is 10.1 Å². The molecule has 0 radical (unpaired) electrons. The maximum Gasteiger partial charge on any atom is 0.266 e. The van der Waals surface area contributed by atoms with Gasteiger partial charge in [-0.05, 0) is 30.2 Å². The monoisotopic (exact) mass is 453 g/mol. The van der Waals surface area contributed by atoms with Gasteiger partial charge in [-0.2, -0.15) is 0 Å². The van der Waals surface area contributed by atoms with Crippen LogP contribution in [0.1, 0.15) is 17.5 Å². The van der Waals surface area contributed by atoms with Crippen molar-refractivity contribution >= 4 is 57.1 Å². The Morgan fingerprint density at radius 1 is 1.19 bits per heavy atom. The van der Waals surface area contributed by atoms with Crippen molar-refractivity contribution in [2.75, 3.05) is 13.1 Å². The number of nitrogens with zero attached hydrogens (tertiary/aromatic N) is 1. The van der Waals surface area contributed by atoms with E-state index in [0.29, 0.717) is 27.8 Å². The Bertz CT molecular complexity index is 1190. The highest BCUT2D eigenvalue weighted by Crippen LogP contribution is 2.33. The van der Waals surface area contributed by atoms with Crippen LogP contribution in [0, 0.1) is 5.82 Å². The molecule has 2 aromatic carbocycles. The van der Waals surface area contributed by atoms with Crippen molar-refractivity contribution in [3.05, 3.63) is 76.6 Å². The normalized spacial score (nSPS) is 15.3. The number of nitrogens with one attached hydrogen (secondary N) is 2. The second kappa shape index (κ2) is 9.45. The predicted octanol–water partition coefficient (Wildman–Crippen LogP) is 4.26. The van der Waals surface area contributed by atoms with Crippen molar-refractivity contribution < 1.29 is 14.0 Å². The Morgan fingerprint density at radius 3 is 2.81 bits per heavy atom. The molecule has 5 nitrogen and oxygen atoms in total. The van der Waals surface area contributed by atoms with Gasteiger partial charge in [-0.1, -0.05) is 60.4 Å². The van der Waals surface area contributed by atoms with Crippen molar-refractivity contribution in [1.82, 2.24) is 15.2 Å². The molecule has 1 aliphatic rings. The highest BCUT2D eigenvalue weighted by atomic mass is 32.2. The lowest BCUT2D eigenvalue weighted by Crippen LogP contribution is -2.34. The van der Waals surface area contributed by atoms with Gasteiger partial charge in [0.25, 0.3) is 5.91 Å². The molecule has 1 saturated heterocycles. The van der Waals surface area contributed by atoms with Crippen LogP contribution < -0.4 is 5.32 Å². The largest absolute Gasteiger partial charge is 0.361 e. The van der Waals surface area contributed by atoms with Gasteiger partial charge in [-0.25, -0.2) is 4.39 Å². The van der Waals surface area contributed by atoms with E-state index in [2.05, 4.69) is 10.3 Å². The van der Waals surface area contributed by atoms with Crippen LogP contribution in [0.5, 0.6) is 0 Å². The average molecular weight is 454 g/mol. The van der Waals surface area contributed by atoms with Gasteiger partial charge < -0.3 is 10.3 Å². The second-order valence-corrected chi connectivity index (χ2v) is 8.74. The van der Waals surface area contributed by atoms with E-state index in [9.17, 15) is 14.0 Å². The molecule has 1 aliphatic heterocycles. The number of aromatic nitrogens is 1. The van der Waals surface area contributed by atoms with Crippen LogP contribution >= 0.6 is 24.0 Å². The molecule has 31 heavy (non-hydrogen) atoms. The molecule has 2 heterocycles. The number of thioether (sulfide) groups is 1. The summed E-state index contributed by atoms with van der Waals surface area (Å²) in [5.41, 5.74) is 2.55. The first kappa shape index (κ1) is 21.3. The predicted molar refractivity (Wildman–Crippen MR) is 126 cm³/mol. The minimum Gasteiger partial charge on any atom is -0.361 e. The lowest BCUT2D eigenvalue weighted by atomic mass is 10.1. The molecule has 0 bridgehead atoms. The van der Waals surface area contributed by atoms with E-state index < -0.39 is 5.82 Å². The fourth-order valence-corrected chi connectivity index (χ4v) is 4.70. The van der Waals surface area contributed by atoms with Crippen LogP contribution in [0.2, 0.25) is 0 Å². The van der Waals surface area contributed by atoms with Crippen LogP contribution in [0.25, 0.3) is 17.0 Å². The Labute approximate surface area is 188 Å². The Morgan fingerprint density at radius 2 is 1.97 bits per heavy atom. The molecule has 8 heteroatoms. The number of para-hydroxylation sites is 1. The van der Waals surface area contributed by atoms with Crippen molar-refractivity contribution in [2.24, 2.45) is 0 Å². The fourth-order valence-electron chi connectivity index (χ4n) is 3.40. The van der Waals surface area contributed by atoms with Crippen LogP contribution in [0.3, 0.4) is 0 Å². The van der Waals surface area contributed by atoms with Crippen LogP contribution in [-0.4, -0.2) is 39.1 Å². The number of amides is 2. The van der Waals surface area contributed by atoms with E-state index in [1.54, 1.807) is 18.2 Å². The molecule has 1 fully saturated rings. The third-order valence-corrected chi connectivity index (χ3v) is 6.40. The number of carbonyl (C=O) groups excluding carboxylic acids is 2. The zero-order chi connectivity index (χ0) is 21.8. The maximum atomic E-state index is 13.9. The number of H-pyrrole nitrogens is 1. The Hall–Kier alpha value is -2.97. The molecular formula is C23H20FN3O2S2. The molecule has 158 valence electrons. The summed E-state index contributed by atoms with van der Waals surface area (Å²) in [5, 5.41) is 4.04. The minimum absolute atomic E-state index is 0.146. The van der Waals surface area contributed by atoms with Crippen molar-refractivity contribution in [1.29, 1.82) is 0 Å². The Balaban J connectivity index is 1.28. The minimum atomic E-state index is -0.401. The summed E-state index contributed by atoms with van der Waals surface area (Å²) in [5.74, 6) is -0.848. The van der Waals surface area contributed by atoms with Crippen LogP contribution in [0.15, 0.2) is 59.6 Å². The number of benzene rings is 2. The van der Waals surface area contributed by atoms with E-state index in [1.807, 2.05) is 30.5 Å². The van der Waals surface area contributed by atoms with Gasteiger partial charge in [-0.3, -0.25) is 14.5 Å². The van der Waals surface area contributed by atoms with E-state index in [-0.39, 0.29) is 24.8 Å². The lowest BCUT2D eigenvalue weighted by molar-refractivity contribution is -0.123. The number of fused-ring (bicyclic) bond motifs is 1. The van der Waals surface area contributed by atoms with E-state index in [1.165, 1.54) is 17.0 Å². The third kappa shape index (κ3) is 4.86. The molecule has 4 rings (SSSR count). The zero-order valence-corrected chi connectivity index (χ0v) is 18.2. The molecule has 0 aliphatic carbocycles. The van der Waals surface area contributed by atoms with E-state index in [4.69, 9.17) is 12.2 Å². The van der Waals surface area contributed by atoms with Gasteiger partial charge >= 0.3 is 0 Å². The fraction of sp³-hybridized carbons (Fsp3) is 0.174. The van der Waals surface area contributed by atoms with Crippen LogP contribution in [-0.2, 0) is 16.0 Å². The summed E-state index contributed by atoms with van der Waals surface area (Å²) in [4.78, 5) is 29.9. The van der Waals surface area contributed by atoms with Gasteiger partial charge in [0, 0.05) is 42.2 Å². The first-order valence-electron chi connectivity index (χ1n) is 9.84. The Kier molecular flexibility index (Phi) is 6.48. The number of hydrogen-bond acceptors (Lipinski definition) is 4. The molecule has 0 saturated carbocycles. The van der Waals surface area contributed by atoms with Crippen molar-refractivity contribution in [2.45, 2.75) is 12.8 Å². The molecule has 2 amide bonds. The highest BCUT2D eigenvalue weighted by Gasteiger charge is 2.32. The quantitative estimate of drug-likeness (QED) is 0.415. The molecule has 3 aromatic rings. The van der Waals surface area contributed by atoms with E-state index >= 15 is 0 Å². The SMILES string of the molecule is O=C(CCN1C(=O)/C(=C/c2ccccc2F)SC1=S)NCCc1c[nH]c2ccccc12. The molecule has 0 atom stereocenters. The molecule has 2 N–H and O–H groups in total. The van der Waals surface area contributed by atoms with Crippen molar-refractivity contribution in [3.63, 3.8) is 0 Å².